The molecule has 0 radical (unpaired) electrons. The second-order valence-corrected chi connectivity index (χ2v) is 1.91. The number of halogens is 1. The van der Waals surface area contributed by atoms with Gasteiger partial charge in [0, 0.05) is 43.1 Å². The number of allylic oxidation sites excluding steroid dienone is 1. The molecule has 0 spiro atoms. The third-order valence-electron chi connectivity index (χ3n) is 0.542. The van der Waals surface area contributed by atoms with Gasteiger partial charge >= 0.3 is 0 Å². The fraction of sp³-hybridized carbons (Fsp3) is 0.600. The summed E-state index contributed by atoms with van der Waals surface area (Å²) in [5.74, 6) is 0. The Labute approximate surface area is 83.5 Å². The van der Waals surface area contributed by atoms with Gasteiger partial charge in [-0.3, -0.25) is 0 Å². The molecule has 0 aromatic carbocycles. The van der Waals surface area contributed by atoms with Crippen LogP contribution in [-0.4, -0.2) is 5.33 Å². The Balaban J connectivity index is 0. The first-order chi connectivity index (χ1) is 2.91. The van der Waals surface area contributed by atoms with E-state index in [-0.39, 0.29) is 37.7 Å². The molecule has 0 heterocycles. The van der Waals surface area contributed by atoms with Crippen molar-refractivity contribution in [2.24, 2.45) is 0 Å². The second-order valence-electron chi connectivity index (χ2n) is 1.12. The van der Waals surface area contributed by atoms with E-state index in [1.165, 1.54) is 6.42 Å². The summed E-state index contributed by atoms with van der Waals surface area (Å²) in [5.41, 5.74) is 0. The molecule has 0 aromatic rings. The van der Waals surface area contributed by atoms with E-state index in [1.54, 1.807) is 0 Å². The van der Waals surface area contributed by atoms with Crippen LogP contribution in [0.15, 0.2) is 12.7 Å². The van der Waals surface area contributed by atoms with Gasteiger partial charge in [-0.25, -0.2) is 0 Å². The van der Waals surface area contributed by atoms with Gasteiger partial charge in [0.05, 0.1) is 0 Å². The van der Waals surface area contributed by atoms with Gasteiger partial charge in [-0.15, -0.1) is 6.58 Å². The van der Waals surface area contributed by atoms with E-state index >= 15 is 0 Å². The maximum absolute atomic E-state index is 3.58. The topological polar surface area (TPSA) is 0 Å². The molecule has 44 valence electrons. The zero-order valence-electron chi connectivity index (χ0n) is 4.14. The molecule has 7 heavy (non-hydrogen) atoms. The van der Waals surface area contributed by atoms with Gasteiger partial charge < -0.3 is 0 Å². The summed E-state index contributed by atoms with van der Waals surface area (Å²) in [5, 5.41) is 1.10. The largest absolute Gasteiger partial charge is 0.103 e. The van der Waals surface area contributed by atoms with Crippen molar-refractivity contribution in [3.63, 3.8) is 0 Å². The molecule has 0 aliphatic rings. The summed E-state index contributed by atoms with van der Waals surface area (Å²) in [6.45, 7) is 3.58. The van der Waals surface area contributed by atoms with Crippen molar-refractivity contribution in [1.29, 1.82) is 0 Å². The molecular weight excluding hydrogens is 180 g/mol. The quantitative estimate of drug-likeness (QED) is 0.363. The maximum Gasteiger partial charge on any atom is 0.00342 e. The molecule has 0 saturated heterocycles. The van der Waals surface area contributed by atoms with Gasteiger partial charge in [-0.2, -0.15) is 0 Å². The molecular formula is C5H9ArBr. The first-order valence-electron chi connectivity index (χ1n) is 2.08. The average Bonchev–Trinajstić information content (AvgIpc) is 1.61. The fourth-order valence-corrected chi connectivity index (χ4v) is 0.545. The molecule has 0 rings (SSSR count). The Bertz CT molecular complexity index is 37.1. The van der Waals surface area contributed by atoms with E-state index in [4.69, 9.17) is 0 Å². The normalized spacial score (nSPS) is 7.00. The predicted octanol–water partition coefficient (Wildman–Crippen LogP) is 2.35. The molecule has 0 saturated carbocycles. The van der Waals surface area contributed by atoms with Crippen molar-refractivity contribution in [3.8, 4) is 0 Å². The molecule has 0 aromatic heterocycles. The van der Waals surface area contributed by atoms with E-state index in [1.807, 2.05) is 6.08 Å². The SMILES string of the molecule is C=CCCCBr.[Ar]. The molecule has 0 fully saturated rings. The van der Waals surface area contributed by atoms with Crippen molar-refractivity contribution < 1.29 is 37.7 Å². The Kier molecular flexibility index (Phi) is 16.9. The van der Waals surface area contributed by atoms with E-state index in [9.17, 15) is 0 Å². The molecule has 0 N–H and O–H groups in total. The third-order valence-corrected chi connectivity index (χ3v) is 1.10. The minimum absolute atomic E-state index is 0. The van der Waals surface area contributed by atoms with Crippen LogP contribution in [0.3, 0.4) is 0 Å². The average molecular weight is 189 g/mol. The number of hydrogen-bond donors (Lipinski definition) is 0. The summed E-state index contributed by atoms with van der Waals surface area (Å²) in [7, 11) is 0. The zero-order valence-corrected chi connectivity index (χ0v) is 6.43. The predicted molar refractivity (Wildman–Crippen MR) is 33.2 cm³/mol. The summed E-state index contributed by atoms with van der Waals surface area (Å²) >= 11 is 3.30. The molecule has 0 unspecified atom stereocenters. The smallest absolute Gasteiger partial charge is 0.00342 e. The molecule has 0 nitrogen and oxygen atoms in total. The van der Waals surface area contributed by atoms with Gasteiger partial charge in [0.2, 0.25) is 0 Å². The number of alkyl halides is 1. The minimum atomic E-state index is 0. The number of unbranched alkanes of at least 4 members (excludes halogenated alkanes) is 1. The van der Waals surface area contributed by atoms with Crippen LogP contribution in [0.25, 0.3) is 0 Å². The van der Waals surface area contributed by atoms with Crippen molar-refractivity contribution in [3.05, 3.63) is 12.7 Å². The Morgan fingerprint density at radius 1 is 1.57 bits per heavy atom. The number of rotatable bonds is 3. The third kappa shape index (κ3) is 11.2. The van der Waals surface area contributed by atoms with E-state index in [2.05, 4.69) is 22.5 Å². The molecule has 2 heteroatoms. The van der Waals surface area contributed by atoms with Crippen LogP contribution in [-0.2, 0) is 0 Å². The molecule has 0 aliphatic carbocycles. The summed E-state index contributed by atoms with van der Waals surface area (Å²) < 4.78 is 0. The molecule has 0 amide bonds. The van der Waals surface area contributed by atoms with Gasteiger partial charge in [-0.05, 0) is 12.8 Å². The van der Waals surface area contributed by atoms with Crippen molar-refractivity contribution >= 4 is 15.9 Å². The van der Waals surface area contributed by atoms with Crippen molar-refractivity contribution in [1.82, 2.24) is 0 Å². The summed E-state index contributed by atoms with van der Waals surface area (Å²) in [6, 6.07) is 0. The molecule has 0 bridgehead atoms. The minimum Gasteiger partial charge on any atom is -0.103 e. The Morgan fingerprint density at radius 3 is 2.29 bits per heavy atom. The Hall–Kier alpha value is 1.48. The van der Waals surface area contributed by atoms with Gasteiger partial charge in [-0.1, -0.05) is 22.0 Å². The van der Waals surface area contributed by atoms with Crippen LogP contribution < -0.4 is 0 Å². The van der Waals surface area contributed by atoms with Crippen LogP contribution in [0.2, 0.25) is 0 Å². The monoisotopic (exact) mass is 188 g/mol. The van der Waals surface area contributed by atoms with Crippen molar-refractivity contribution in [2.75, 3.05) is 5.33 Å². The zero-order chi connectivity index (χ0) is 4.83. The van der Waals surface area contributed by atoms with E-state index in [0.717, 1.165) is 11.8 Å². The summed E-state index contributed by atoms with van der Waals surface area (Å²) in [6.07, 6.45) is 4.27. The van der Waals surface area contributed by atoms with E-state index < -0.39 is 0 Å². The second kappa shape index (κ2) is 10.5. The first kappa shape index (κ1) is 11.3. The standard InChI is InChI=1S/C5H9Br.Ar/c1-2-3-4-5-6;/h2H,1,3-5H2;. The fourth-order valence-electron chi connectivity index (χ4n) is 0.221. The van der Waals surface area contributed by atoms with Crippen LogP contribution in [0.4, 0.5) is 0 Å². The molecule has 0 atom stereocenters. The van der Waals surface area contributed by atoms with Gasteiger partial charge in [0.1, 0.15) is 0 Å². The van der Waals surface area contributed by atoms with Crippen LogP contribution in [0, 0.1) is 37.7 Å². The van der Waals surface area contributed by atoms with Crippen LogP contribution >= 0.6 is 15.9 Å². The Morgan fingerprint density at radius 2 is 2.14 bits per heavy atom. The summed E-state index contributed by atoms with van der Waals surface area (Å²) in [4.78, 5) is 0. The van der Waals surface area contributed by atoms with Crippen LogP contribution in [0.1, 0.15) is 12.8 Å². The van der Waals surface area contributed by atoms with Gasteiger partial charge in [0.25, 0.3) is 0 Å². The first-order valence-corrected chi connectivity index (χ1v) is 3.21. The van der Waals surface area contributed by atoms with Crippen LogP contribution in [0.5, 0.6) is 0 Å². The molecule has 0 aliphatic heterocycles. The maximum atomic E-state index is 3.58. The van der Waals surface area contributed by atoms with Crippen molar-refractivity contribution in [2.45, 2.75) is 12.8 Å². The van der Waals surface area contributed by atoms with E-state index in [0.29, 0.717) is 0 Å². The number of hydrogen-bond acceptors (Lipinski definition) is 0. The van der Waals surface area contributed by atoms with Gasteiger partial charge in [0.15, 0.2) is 0 Å².